The molecule has 0 aliphatic heterocycles. The molecule has 180 valence electrons. The lowest BCUT2D eigenvalue weighted by atomic mass is 9.92. The maximum Gasteiger partial charge on any atom is 0.109 e. The van der Waals surface area contributed by atoms with Gasteiger partial charge in [0.25, 0.3) is 0 Å². The molecule has 0 spiro atoms. The van der Waals surface area contributed by atoms with Crippen molar-refractivity contribution < 1.29 is 4.74 Å². The molecule has 2 atom stereocenters. The first kappa shape index (κ1) is 24.9. The van der Waals surface area contributed by atoms with E-state index >= 15 is 0 Å². The van der Waals surface area contributed by atoms with E-state index in [4.69, 9.17) is 4.74 Å². The van der Waals surface area contributed by atoms with E-state index in [1.807, 2.05) is 0 Å². The van der Waals surface area contributed by atoms with Crippen molar-refractivity contribution in [1.82, 2.24) is 0 Å². The molecule has 0 amide bonds. The predicted molar refractivity (Wildman–Crippen MR) is 148 cm³/mol. The Balaban J connectivity index is 1.86. The second-order valence-corrected chi connectivity index (χ2v) is 10.4. The van der Waals surface area contributed by atoms with E-state index in [2.05, 4.69) is 139 Å². The molecule has 35 heavy (non-hydrogen) atoms. The van der Waals surface area contributed by atoms with Crippen molar-refractivity contribution in [1.29, 1.82) is 0 Å². The van der Waals surface area contributed by atoms with Gasteiger partial charge in [-0.15, -0.1) is 0 Å². The lowest BCUT2D eigenvalue weighted by Gasteiger charge is -2.28. The van der Waals surface area contributed by atoms with E-state index in [1.165, 1.54) is 44.5 Å². The van der Waals surface area contributed by atoms with Crippen LogP contribution in [0.5, 0.6) is 0 Å². The molecular weight excluding hydrogens is 424 g/mol. The number of hydrogen-bond acceptors (Lipinski definition) is 1. The lowest BCUT2D eigenvalue weighted by Crippen LogP contribution is -2.14. The Bertz CT molecular complexity index is 1170. The fraction of sp³-hybridized carbons (Fsp3) is 0.294. The third-order valence-corrected chi connectivity index (χ3v) is 6.72. The number of hydrogen-bond donors (Lipinski definition) is 0. The highest BCUT2D eigenvalue weighted by atomic mass is 16.5. The molecule has 4 aromatic carbocycles. The van der Waals surface area contributed by atoms with Gasteiger partial charge in [-0.3, -0.25) is 0 Å². The highest BCUT2D eigenvalue weighted by Crippen LogP contribution is 2.38. The minimum absolute atomic E-state index is 0.179. The second-order valence-electron chi connectivity index (χ2n) is 10.4. The highest BCUT2D eigenvalue weighted by molar-refractivity contribution is 5.39. The minimum atomic E-state index is -0.179. The summed E-state index contributed by atoms with van der Waals surface area (Å²) in [7, 11) is 0. The molecule has 0 fully saturated rings. The van der Waals surface area contributed by atoms with Gasteiger partial charge in [0.1, 0.15) is 12.2 Å². The summed E-state index contributed by atoms with van der Waals surface area (Å²) in [5, 5.41) is 0. The molecule has 0 heterocycles. The normalized spacial score (nSPS) is 13.3. The van der Waals surface area contributed by atoms with E-state index in [0.29, 0.717) is 11.8 Å². The molecule has 0 aliphatic carbocycles. The van der Waals surface area contributed by atoms with Gasteiger partial charge < -0.3 is 4.74 Å². The Morgan fingerprint density at radius 2 is 0.743 bits per heavy atom. The van der Waals surface area contributed by atoms with Crippen LogP contribution < -0.4 is 0 Å². The standard InChI is InChI=1S/C34H38O/c1-23(2)27-13-9-17-31(21-27)33(29-15-7-11-25(5)19-29)35-34(30-16-8-12-26(6)20-30)32-18-10-14-28(22-32)24(3)4/h7-24,33-34H,1-6H3. The van der Waals surface area contributed by atoms with Crippen molar-refractivity contribution in [3.8, 4) is 0 Å². The smallest absolute Gasteiger partial charge is 0.109 e. The minimum Gasteiger partial charge on any atom is -0.356 e. The maximum atomic E-state index is 7.17. The van der Waals surface area contributed by atoms with Crippen LogP contribution in [0.4, 0.5) is 0 Å². The molecule has 1 nitrogen and oxygen atoms in total. The summed E-state index contributed by atoms with van der Waals surface area (Å²) in [5.74, 6) is 0.923. The van der Waals surface area contributed by atoms with Crippen LogP contribution >= 0.6 is 0 Å². The van der Waals surface area contributed by atoms with Crippen LogP contribution in [0.25, 0.3) is 0 Å². The van der Waals surface area contributed by atoms with Crippen LogP contribution in [0, 0.1) is 13.8 Å². The van der Waals surface area contributed by atoms with Gasteiger partial charge in [-0.1, -0.05) is 136 Å². The van der Waals surface area contributed by atoms with Crippen molar-refractivity contribution in [3.05, 3.63) is 142 Å². The van der Waals surface area contributed by atoms with Crippen LogP contribution in [0.1, 0.15) is 96.2 Å². The highest BCUT2D eigenvalue weighted by Gasteiger charge is 2.24. The average Bonchev–Trinajstić information content (AvgIpc) is 2.85. The molecule has 0 radical (unpaired) electrons. The van der Waals surface area contributed by atoms with Gasteiger partial charge in [-0.05, 0) is 59.1 Å². The van der Waals surface area contributed by atoms with Gasteiger partial charge in [-0.2, -0.15) is 0 Å². The van der Waals surface area contributed by atoms with Crippen LogP contribution in [-0.2, 0) is 4.74 Å². The zero-order chi connectivity index (χ0) is 24.9. The van der Waals surface area contributed by atoms with E-state index in [0.717, 1.165) is 0 Å². The first-order valence-corrected chi connectivity index (χ1v) is 12.8. The summed E-state index contributed by atoms with van der Waals surface area (Å²) in [6, 6.07) is 35.3. The van der Waals surface area contributed by atoms with Gasteiger partial charge in [0.15, 0.2) is 0 Å². The van der Waals surface area contributed by atoms with E-state index in [9.17, 15) is 0 Å². The average molecular weight is 463 g/mol. The van der Waals surface area contributed by atoms with Crippen molar-refractivity contribution in [3.63, 3.8) is 0 Å². The van der Waals surface area contributed by atoms with E-state index < -0.39 is 0 Å². The van der Waals surface area contributed by atoms with Crippen molar-refractivity contribution in [2.75, 3.05) is 0 Å². The molecule has 1 heteroatoms. The SMILES string of the molecule is Cc1cccc(C(OC(c2cccc(C)c2)c2cccc(C(C)C)c2)c2cccc(C(C)C)c2)c1. The summed E-state index contributed by atoms with van der Waals surface area (Å²) in [4.78, 5) is 0. The molecule has 0 aromatic heterocycles. The fourth-order valence-corrected chi connectivity index (χ4v) is 4.66. The Kier molecular flexibility index (Phi) is 7.88. The molecule has 4 aromatic rings. The van der Waals surface area contributed by atoms with Gasteiger partial charge in [0.05, 0.1) is 0 Å². The molecule has 4 rings (SSSR count). The first-order valence-electron chi connectivity index (χ1n) is 12.8. The van der Waals surface area contributed by atoms with Gasteiger partial charge in [-0.25, -0.2) is 0 Å². The molecule has 0 saturated heterocycles. The van der Waals surface area contributed by atoms with E-state index in [1.54, 1.807) is 0 Å². The Labute approximate surface area is 211 Å². The molecule has 0 saturated carbocycles. The summed E-state index contributed by atoms with van der Waals surface area (Å²) >= 11 is 0. The third kappa shape index (κ3) is 6.10. The topological polar surface area (TPSA) is 9.23 Å². The number of rotatable bonds is 8. The van der Waals surface area contributed by atoms with Crippen LogP contribution in [-0.4, -0.2) is 0 Å². The summed E-state index contributed by atoms with van der Waals surface area (Å²) < 4.78 is 7.17. The number of benzene rings is 4. The van der Waals surface area contributed by atoms with Gasteiger partial charge in [0.2, 0.25) is 0 Å². The largest absolute Gasteiger partial charge is 0.356 e. The monoisotopic (exact) mass is 462 g/mol. The molecule has 0 bridgehead atoms. The summed E-state index contributed by atoms with van der Waals surface area (Å²) in [5.41, 5.74) is 9.90. The zero-order valence-electron chi connectivity index (χ0n) is 22.0. The number of ether oxygens (including phenoxy) is 1. The summed E-state index contributed by atoms with van der Waals surface area (Å²) in [6.45, 7) is 13.3. The van der Waals surface area contributed by atoms with Crippen molar-refractivity contribution >= 4 is 0 Å². The Morgan fingerprint density at radius 3 is 1.09 bits per heavy atom. The number of aryl methyl sites for hydroxylation is 2. The van der Waals surface area contributed by atoms with Crippen LogP contribution in [0.15, 0.2) is 97.1 Å². The maximum absolute atomic E-state index is 7.17. The van der Waals surface area contributed by atoms with E-state index in [-0.39, 0.29) is 12.2 Å². The summed E-state index contributed by atoms with van der Waals surface area (Å²) in [6.07, 6.45) is -0.358. The predicted octanol–water partition coefficient (Wildman–Crippen LogP) is 9.45. The van der Waals surface area contributed by atoms with Crippen molar-refractivity contribution in [2.45, 2.75) is 65.6 Å². The Hall–Kier alpha value is -3.16. The molecule has 0 N–H and O–H groups in total. The van der Waals surface area contributed by atoms with Crippen LogP contribution in [0.2, 0.25) is 0 Å². The zero-order valence-corrected chi connectivity index (χ0v) is 22.0. The fourth-order valence-electron chi connectivity index (χ4n) is 4.66. The molecule has 0 aliphatic rings. The second kappa shape index (κ2) is 11.1. The first-order chi connectivity index (χ1) is 16.8. The lowest BCUT2D eigenvalue weighted by molar-refractivity contribution is 0.0307. The van der Waals surface area contributed by atoms with Crippen molar-refractivity contribution in [2.24, 2.45) is 0 Å². The van der Waals surface area contributed by atoms with Crippen LogP contribution in [0.3, 0.4) is 0 Å². The quantitative estimate of drug-likeness (QED) is 0.253. The molecular formula is C34H38O. The Morgan fingerprint density at radius 1 is 0.429 bits per heavy atom. The van der Waals surface area contributed by atoms with Gasteiger partial charge >= 0.3 is 0 Å². The third-order valence-electron chi connectivity index (χ3n) is 6.72. The van der Waals surface area contributed by atoms with Gasteiger partial charge in [0, 0.05) is 0 Å². The molecule has 2 unspecified atom stereocenters.